The van der Waals surface area contributed by atoms with E-state index in [-0.39, 0.29) is 5.91 Å². The van der Waals surface area contributed by atoms with Crippen LogP contribution in [0.15, 0.2) is 0 Å². The maximum absolute atomic E-state index is 13.0. The fraction of sp³-hybridized carbons (Fsp3) is 0.722. The number of aliphatic hydroxyl groups is 1. The Morgan fingerprint density at radius 3 is 2.81 bits per heavy atom. The summed E-state index contributed by atoms with van der Waals surface area (Å²) >= 11 is 0. The highest BCUT2D eigenvalue weighted by Crippen LogP contribution is 2.26. The van der Waals surface area contributed by atoms with Crippen molar-refractivity contribution in [2.24, 2.45) is 0 Å². The molecule has 4 heterocycles. The number of fused-ring (bicyclic) bond motifs is 1. The van der Waals surface area contributed by atoms with E-state index in [1.807, 2.05) is 4.90 Å². The van der Waals surface area contributed by atoms with Gasteiger partial charge < -0.3 is 20.6 Å². The number of amides is 1. The van der Waals surface area contributed by atoms with Gasteiger partial charge in [-0.3, -0.25) is 9.69 Å². The highest BCUT2D eigenvalue weighted by Gasteiger charge is 2.35. The summed E-state index contributed by atoms with van der Waals surface area (Å²) in [6, 6.07) is 0. The van der Waals surface area contributed by atoms with Gasteiger partial charge in [0.25, 0.3) is 5.91 Å². The third kappa shape index (κ3) is 3.41. The lowest BCUT2D eigenvalue weighted by Gasteiger charge is -2.34. The Morgan fingerprint density at radius 2 is 2.12 bits per heavy atom. The molecule has 26 heavy (non-hydrogen) atoms. The second-order valence-corrected chi connectivity index (χ2v) is 7.68. The molecule has 0 spiro atoms. The number of hydrogen-bond acceptors (Lipinski definition) is 7. The van der Waals surface area contributed by atoms with E-state index in [0.29, 0.717) is 31.3 Å². The second-order valence-electron chi connectivity index (χ2n) is 7.68. The topological polar surface area (TPSA) is 93.6 Å². The van der Waals surface area contributed by atoms with Crippen LogP contribution in [0.2, 0.25) is 0 Å². The summed E-state index contributed by atoms with van der Waals surface area (Å²) in [7, 11) is 1.78. The Kier molecular flexibility index (Phi) is 4.81. The van der Waals surface area contributed by atoms with E-state index in [4.69, 9.17) is 0 Å². The molecule has 0 aromatic carbocycles. The maximum atomic E-state index is 13.0. The minimum absolute atomic E-state index is 0.0146. The fourth-order valence-electron chi connectivity index (χ4n) is 4.25. The molecule has 8 heteroatoms. The Hall–Kier alpha value is -1.77. The summed E-state index contributed by atoms with van der Waals surface area (Å²) in [5.74, 6) is 0.527. The third-order valence-corrected chi connectivity index (χ3v) is 5.70. The third-order valence-electron chi connectivity index (χ3n) is 5.70. The van der Waals surface area contributed by atoms with Gasteiger partial charge in [-0.15, -0.1) is 0 Å². The Balaban J connectivity index is 1.60. The zero-order chi connectivity index (χ0) is 18.1. The van der Waals surface area contributed by atoms with Crippen LogP contribution in [0.1, 0.15) is 41.0 Å². The van der Waals surface area contributed by atoms with E-state index < -0.39 is 5.60 Å². The number of nitrogens with one attached hydrogen (secondary N) is 2. The zero-order valence-corrected chi connectivity index (χ0v) is 15.4. The van der Waals surface area contributed by atoms with Gasteiger partial charge in [0.2, 0.25) is 5.95 Å². The van der Waals surface area contributed by atoms with Gasteiger partial charge in [-0.2, -0.15) is 0 Å². The van der Waals surface area contributed by atoms with Crippen molar-refractivity contribution >= 4 is 11.9 Å². The molecule has 0 aliphatic carbocycles. The molecule has 1 aromatic rings. The second kappa shape index (κ2) is 7.09. The van der Waals surface area contributed by atoms with Gasteiger partial charge in [-0.1, -0.05) is 0 Å². The Morgan fingerprint density at radius 1 is 1.31 bits per heavy atom. The first kappa shape index (κ1) is 17.6. The lowest BCUT2D eigenvalue weighted by atomic mass is 9.98. The molecule has 0 radical (unpaired) electrons. The number of aromatic nitrogens is 2. The van der Waals surface area contributed by atoms with E-state index in [0.717, 1.165) is 63.1 Å². The van der Waals surface area contributed by atoms with Crippen LogP contribution in [0, 0.1) is 0 Å². The average molecular weight is 360 g/mol. The highest BCUT2D eigenvalue weighted by molar-refractivity contribution is 5.94. The predicted molar refractivity (Wildman–Crippen MR) is 98.1 cm³/mol. The molecule has 4 rings (SSSR count). The molecule has 142 valence electrons. The SMILES string of the molecule is CNc1nc2c(c(C(=O)N3CCCC3)n1)CN(CC1(O)CCNC1)CC2. The highest BCUT2D eigenvalue weighted by atomic mass is 16.3. The number of anilines is 1. The first-order valence-electron chi connectivity index (χ1n) is 9.60. The summed E-state index contributed by atoms with van der Waals surface area (Å²) < 4.78 is 0. The lowest BCUT2D eigenvalue weighted by molar-refractivity contribution is 0.0164. The number of carbonyl (C=O) groups excluding carboxylic acids is 1. The van der Waals surface area contributed by atoms with Gasteiger partial charge in [0.1, 0.15) is 5.69 Å². The molecule has 1 unspecified atom stereocenters. The molecular weight excluding hydrogens is 332 g/mol. The fourth-order valence-corrected chi connectivity index (χ4v) is 4.25. The quantitative estimate of drug-likeness (QED) is 0.687. The van der Waals surface area contributed by atoms with Crippen LogP contribution in [-0.4, -0.2) is 82.7 Å². The summed E-state index contributed by atoms with van der Waals surface area (Å²) in [5.41, 5.74) is 1.74. The normalized spacial score (nSPS) is 26.2. The van der Waals surface area contributed by atoms with E-state index in [1.54, 1.807) is 7.05 Å². The number of rotatable bonds is 4. The lowest BCUT2D eigenvalue weighted by Crippen LogP contribution is -2.47. The van der Waals surface area contributed by atoms with Crippen molar-refractivity contribution in [2.45, 2.75) is 37.8 Å². The van der Waals surface area contributed by atoms with E-state index in [1.165, 1.54) is 0 Å². The smallest absolute Gasteiger partial charge is 0.273 e. The first-order chi connectivity index (χ1) is 12.6. The van der Waals surface area contributed by atoms with Crippen molar-refractivity contribution in [1.82, 2.24) is 25.1 Å². The van der Waals surface area contributed by atoms with Crippen LogP contribution < -0.4 is 10.6 Å². The van der Waals surface area contributed by atoms with Gasteiger partial charge in [0, 0.05) is 58.3 Å². The van der Waals surface area contributed by atoms with E-state index >= 15 is 0 Å². The van der Waals surface area contributed by atoms with Crippen LogP contribution in [-0.2, 0) is 13.0 Å². The van der Waals surface area contributed by atoms with Crippen molar-refractivity contribution in [3.05, 3.63) is 17.0 Å². The van der Waals surface area contributed by atoms with Crippen LogP contribution in [0.4, 0.5) is 5.95 Å². The number of likely N-dealkylation sites (tertiary alicyclic amines) is 1. The predicted octanol–water partition coefficient (Wildman–Crippen LogP) is -0.163. The number of nitrogens with zero attached hydrogens (tertiary/aromatic N) is 4. The molecule has 3 aliphatic heterocycles. The first-order valence-corrected chi connectivity index (χ1v) is 9.60. The molecule has 0 bridgehead atoms. The summed E-state index contributed by atoms with van der Waals surface area (Å²) in [6.45, 7) is 5.18. The monoisotopic (exact) mass is 360 g/mol. The van der Waals surface area contributed by atoms with E-state index in [9.17, 15) is 9.90 Å². The maximum Gasteiger partial charge on any atom is 0.273 e. The summed E-state index contributed by atoms with van der Waals surface area (Å²) in [6.07, 6.45) is 3.66. The van der Waals surface area contributed by atoms with Gasteiger partial charge in [0.15, 0.2) is 0 Å². The van der Waals surface area contributed by atoms with Gasteiger partial charge in [-0.05, 0) is 25.8 Å². The van der Waals surface area contributed by atoms with Crippen LogP contribution in [0.25, 0.3) is 0 Å². The van der Waals surface area contributed by atoms with Crippen molar-refractivity contribution in [1.29, 1.82) is 0 Å². The minimum atomic E-state index is -0.678. The molecule has 3 N–H and O–H groups in total. The molecular formula is C18H28N6O2. The molecule has 1 amide bonds. The average Bonchev–Trinajstić information content (AvgIpc) is 3.32. The molecule has 2 saturated heterocycles. The van der Waals surface area contributed by atoms with Crippen molar-refractivity contribution < 1.29 is 9.90 Å². The van der Waals surface area contributed by atoms with E-state index in [2.05, 4.69) is 25.5 Å². The number of carbonyl (C=O) groups is 1. The van der Waals surface area contributed by atoms with Crippen molar-refractivity contribution in [3.63, 3.8) is 0 Å². The molecule has 1 atom stereocenters. The van der Waals surface area contributed by atoms with Crippen molar-refractivity contribution in [3.8, 4) is 0 Å². The standard InChI is InChI=1S/C18H28N6O2/c1-19-17-21-14-4-9-23(12-18(26)5-6-20-11-18)10-13(14)15(22-17)16(25)24-7-2-3-8-24/h20,26H,2-12H2,1H3,(H,19,21,22). The number of hydrogen-bond donors (Lipinski definition) is 3. The van der Waals surface area contributed by atoms with Crippen molar-refractivity contribution in [2.75, 3.05) is 51.6 Å². The number of β-amino-alcohol motifs (C(OH)–C–C–N with tert-alkyl or cyclic N) is 1. The zero-order valence-electron chi connectivity index (χ0n) is 15.4. The van der Waals surface area contributed by atoms with Gasteiger partial charge in [0.05, 0.1) is 11.3 Å². The molecule has 2 fully saturated rings. The Bertz CT molecular complexity index is 683. The largest absolute Gasteiger partial charge is 0.387 e. The Labute approximate surface area is 154 Å². The minimum Gasteiger partial charge on any atom is -0.387 e. The summed E-state index contributed by atoms with van der Waals surface area (Å²) in [4.78, 5) is 26.3. The van der Waals surface area contributed by atoms with Gasteiger partial charge >= 0.3 is 0 Å². The van der Waals surface area contributed by atoms with Crippen LogP contribution in [0.5, 0.6) is 0 Å². The molecule has 0 saturated carbocycles. The van der Waals surface area contributed by atoms with Crippen LogP contribution in [0.3, 0.4) is 0 Å². The van der Waals surface area contributed by atoms with Crippen LogP contribution >= 0.6 is 0 Å². The summed E-state index contributed by atoms with van der Waals surface area (Å²) in [5, 5.41) is 16.9. The molecule has 8 nitrogen and oxygen atoms in total. The van der Waals surface area contributed by atoms with Gasteiger partial charge in [-0.25, -0.2) is 9.97 Å². The molecule has 3 aliphatic rings. The molecule has 1 aromatic heterocycles.